The largest absolute Gasteiger partial charge is 0.383 e. The van der Waals surface area contributed by atoms with Crippen LogP contribution in [-0.4, -0.2) is 39.0 Å². The molecule has 2 aromatic heterocycles. The molecule has 30 heavy (non-hydrogen) atoms. The smallest absolute Gasteiger partial charge is 0.176 e. The van der Waals surface area contributed by atoms with Gasteiger partial charge in [0, 0.05) is 22.4 Å². The molecule has 0 saturated carbocycles. The molecule has 0 radical (unpaired) electrons. The number of allylic oxidation sites excluding steroid dienone is 4. The third-order valence-electron chi connectivity index (χ3n) is 4.15. The number of carbonyl (C=O) groups is 1. The zero-order chi connectivity index (χ0) is 22.5. The third-order valence-corrected chi connectivity index (χ3v) is 5.74. The zero-order valence-corrected chi connectivity index (χ0v) is 20.0. The van der Waals surface area contributed by atoms with E-state index >= 15 is 0 Å². The van der Waals surface area contributed by atoms with E-state index in [1.807, 2.05) is 44.5 Å². The molecule has 0 bridgehead atoms. The molecule has 0 aliphatic carbocycles. The number of anilines is 1. The predicted octanol–water partition coefficient (Wildman–Crippen LogP) is 5.00. The van der Waals surface area contributed by atoms with Crippen LogP contribution in [0.1, 0.15) is 52.7 Å². The van der Waals surface area contributed by atoms with Gasteiger partial charge < -0.3 is 15.8 Å². The Morgan fingerprint density at radius 1 is 1.47 bits per heavy atom. The zero-order valence-electron chi connectivity index (χ0n) is 18.4. The van der Waals surface area contributed by atoms with E-state index in [4.69, 9.17) is 17.3 Å². The van der Waals surface area contributed by atoms with E-state index in [0.717, 1.165) is 58.4 Å². The van der Waals surface area contributed by atoms with Crippen LogP contribution in [0.3, 0.4) is 0 Å². The lowest BCUT2D eigenvalue weighted by atomic mass is 10.1. The lowest BCUT2D eigenvalue weighted by Gasteiger charge is -2.10. The van der Waals surface area contributed by atoms with Gasteiger partial charge in [0.1, 0.15) is 18.4 Å². The summed E-state index contributed by atoms with van der Waals surface area (Å²) in [7, 11) is 1.89. The Hall–Kier alpha value is -2.03. The molecule has 0 fully saturated rings. The van der Waals surface area contributed by atoms with E-state index in [2.05, 4.69) is 27.4 Å². The summed E-state index contributed by atoms with van der Waals surface area (Å²) >= 11 is 7.99. The number of halogens is 1. The standard InChI is InChI=1S/C15H21ClN6S.C6H12O/c1-4-6-10(11(16)5-2)12-7-19-8-22(12)15-13(23-9-18-3)14(17)20-21-15;1-3-4-6(2)5-7/h4,6-8,18H,5,9H2,1-3H3,(H3,17,20,21);5-6H,3-4H2,1-2H3/b6-4-,11-10-;. The van der Waals surface area contributed by atoms with Crippen LogP contribution in [0.15, 0.2) is 34.6 Å². The number of hydrogen-bond acceptors (Lipinski definition) is 6. The van der Waals surface area contributed by atoms with Crippen LogP contribution >= 0.6 is 23.4 Å². The van der Waals surface area contributed by atoms with E-state index in [9.17, 15) is 4.79 Å². The number of hydrogen-bond donors (Lipinski definition) is 3. The first-order valence-electron chi connectivity index (χ1n) is 10.1. The summed E-state index contributed by atoms with van der Waals surface area (Å²) in [6.07, 6.45) is 11.3. The number of H-pyrrole nitrogens is 1. The van der Waals surface area contributed by atoms with Crippen LogP contribution in [0.25, 0.3) is 11.4 Å². The van der Waals surface area contributed by atoms with Gasteiger partial charge in [0.2, 0.25) is 0 Å². The van der Waals surface area contributed by atoms with Gasteiger partial charge in [-0.25, -0.2) is 4.98 Å². The molecule has 0 aliphatic heterocycles. The molecule has 0 amide bonds. The summed E-state index contributed by atoms with van der Waals surface area (Å²) in [5.41, 5.74) is 7.82. The first-order valence-corrected chi connectivity index (χ1v) is 11.4. The van der Waals surface area contributed by atoms with Crippen LogP contribution in [-0.2, 0) is 4.79 Å². The predicted molar refractivity (Wildman–Crippen MR) is 128 cm³/mol. The topological polar surface area (TPSA) is 102 Å². The number of nitrogens with two attached hydrogens (primary N) is 1. The second kappa shape index (κ2) is 14.1. The van der Waals surface area contributed by atoms with Crippen LogP contribution < -0.4 is 11.1 Å². The van der Waals surface area contributed by atoms with E-state index < -0.39 is 0 Å². The van der Waals surface area contributed by atoms with E-state index in [-0.39, 0.29) is 5.92 Å². The van der Waals surface area contributed by atoms with E-state index in [1.165, 1.54) is 0 Å². The maximum Gasteiger partial charge on any atom is 0.176 e. The molecule has 2 heterocycles. The minimum Gasteiger partial charge on any atom is -0.383 e. The fourth-order valence-electron chi connectivity index (χ4n) is 2.64. The summed E-state index contributed by atoms with van der Waals surface area (Å²) in [5.74, 6) is 2.26. The molecule has 0 spiro atoms. The SMILES string of the molecule is C/C=C\C(=C(\Cl)CC)c1cncn1-c1n[nH]c(N)c1SCNC.CCCC(C)C=O. The molecular formula is C21H33ClN6OS. The van der Waals surface area contributed by atoms with Crippen LogP contribution in [0.4, 0.5) is 5.82 Å². The van der Waals surface area contributed by atoms with Gasteiger partial charge in [0.25, 0.3) is 0 Å². The lowest BCUT2D eigenvalue weighted by molar-refractivity contribution is -0.110. The number of thioether (sulfide) groups is 1. The molecule has 0 saturated heterocycles. The summed E-state index contributed by atoms with van der Waals surface area (Å²) in [5, 5.41) is 11.0. The number of rotatable bonds is 10. The fourth-order valence-corrected chi connectivity index (χ4v) is 3.57. The maximum atomic E-state index is 9.89. The molecule has 2 rings (SSSR count). The Balaban J connectivity index is 0.000000553. The molecule has 9 heteroatoms. The first-order chi connectivity index (χ1) is 14.4. The van der Waals surface area contributed by atoms with Gasteiger partial charge in [0.15, 0.2) is 5.82 Å². The molecule has 0 aliphatic rings. The minimum absolute atomic E-state index is 0.269. The second-order valence-electron chi connectivity index (χ2n) is 6.66. The first kappa shape index (κ1) is 26.0. The van der Waals surface area contributed by atoms with Crippen LogP contribution in [0, 0.1) is 5.92 Å². The highest BCUT2D eigenvalue weighted by molar-refractivity contribution is 7.99. The number of nitrogen functional groups attached to an aromatic ring is 1. The van der Waals surface area contributed by atoms with Crippen molar-refractivity contribution in [1.82, 2.24) is 25.1 Å². The summed E-state index contributed by atoms with van der Waals surface area (Å²) in [6.45, 7) is 8.01. The Morgan fingerprint density at radius 3 is 2.73 bits per heavy atom. The number of aromatic nitrogens is 4. The summed E-state index contributed by atoms with van der Waals surface area (Å²) in [4.78, 5) is 15.0. The average molecular weight is 453 g/mol. The number of carbonyl (C=O) groups excluding carboxylic acids is 1. The molecule has 1 unspecified atom stereocenters. The number of nitrogens with zero attached hydrogens (tertiary/aromatic N) is 3. The monoisotopic (exact) mass is 452 g/mol. The molecule has 2 aromatic rings. The molecule has 7 nitrogen and oxygen atoms in total. The van der Waals surface area contributed by atoms with Gasteiger partial charge in [-0.2, -0.15) is 5.10 Å². The van der Waals surface area contributed by atoms with E-state index in [0.29, 0.717) is 5.82 Å². The molecule has 4 N–H and O–H groups in total. The van der Waals surface area contributed by atoms with Crippen LogP contribution in [0.2, 0.25) is 0 Å². The van der Waals surface area contributed by atoms with Crippen molar-refractivity contribution in [3.63, 3.8) is 0 Å². The van der Waals surface area contributed by atoms with Crippen molar-refractivity contribution in [3.05, 3.63) is 35.4 Å². The molecular weight excluding hydrogens is 420 g/mol. The Kier molecular flexibility index (Phi) is 12.2. The van der Waals surface area contributed by atoms with Crippen molar-refractivity contribution in [3.8, 4) is 5.82 Å². The van der Waals surface area contributed by atoms with Gasteiger partial charge in [0.05, 0.1) is 16.8 Å². The van der Waals surface area contributed by atoms with Crippen molar-refractivity contribution in [2.24, 2.45) is 5.92 Å². The van der Waals surface area contributed by atoms with Crippen molar-refractivity contribution >= 4 is 41.0 Å². The van der Waals surface area contributed by atoms with Gasteiger partial charge >= 0.3 is 0 Å². The summed E-state index contributed by atoms with van der Waals surface area (Å²) < 4.78 is 1.90. The maximum absolute atomic E-state index is 9.89. The molecule has 166 valence electrons. The highest BCUT2D eigenvalue weighted by Crippen LogP contribution is 2.32. The van der Waals surface area contributed by atoms with Crippen molar-refractivity contribution < 1.29 is 4.79 Å². The number of imidazole rings is 1. The fraction of sp³-hybridized carbons (Fsp3) is 0.476. The number of aromatic amines is 1. The van der Waals surface area contributed by atoms with E-state index in [1.54, 1.807) is 24.3 Å². The van der Waals surface area contributed by atoms with Crippen LogP contribution in [0.5, 0.6) is 0 Å². The molecule has 0 aromatic carbocycles. The quantitative estimate of drug-likeness (QED) is 0.203. The van der Waals surface area contributed by atoms with Gasteiger partial charge in [-0.1, -0.05) is 50.9 Å². The minimum atomic E-state index is 0.269. The lowest BCUT2D eigenvalue weighted by Crippen LogP contribution is -2.05. The van der Waals surface area contributed by atoms with Crippen molar-refractivity contribution in [2.45, 2.75) is 51.9 Å². The number of aldehydes is 1. The second-order valence-corrected chi connectivity index (χ2v) is 8.10. The normalized spacial score (nSPS) is 13.0. The van der Waals surface area contributed by atoms with Crippen molar-refractivity contribution in [2.75, 3.05) is 18.7 Å². The number of nitrogens with one attached hydrogen (secondary N) is 2. The Bertz CT molecular complexity index is 842. The summed E-state index contributed by atoms with van der Waals surface area (Å²) in [6, 6.07) is 0. The van der Waals surface area contributed by atoms with Gasteiger partial charge in [-0.05, 0) is 26.8 Å². The highest BCUT2D eigenvalue weighted by atomic mass is 35.5. The highest BCUT2D eigenvalue weighted by Gasteiger charge is 2.18. The molecule has 1 atom stereocenters. The van der Waals surface area contributed by atoms with Gasteiger partial charge in [-0.3, -0.25) is 9.67 Å². The van der Waals surface area contributed by atoms with Gasteiger partial charge in [-0.15, -0.1) is 11.8 Å². The Labute approximate surface area is 188 Å². The van der Waals surface area contributed by atoms with Crippen molar-refractivity contribution in [1.29, 1.82) is 0 Å². The average Bonchev–Trinajstić information content (AvgIpc) is 3.36. The third kappa shape index (κ3) is 7.34. The Morgan fingerprint density at radius 2 is 2.20 bits per heavy atom.